The monoisotopic (exact) mass is 296 g/mol. The maximum Gasteiger partial charge on any atom is 0.326 e. The highest BCUT2D eigenvalue weighted by Crippen LogP contribution is 2.30. The van der Waals surface area contributed by atoms with Crippen LogP contribution >= 0.6 is 11.3 Å². The highest BCUT2D eigenvalue weighted by molar-refractivity contribution is 7.17. The van der Waals surface area contributed by atoms with Crippen LogP contribution in [-0.2, 0) is 0 Å². The SMILES string of the molecule is CCN(C(=O)Nc1ccccc1)c1cccc2sccc12. The minimum absolute atomic E-state index is 0.109. The summed E-state index contributed by atoms with van der Waals surface area (Å²) in [6, 6.07) is 17.5. The Bertz CT molecular complexity index is 752. The smallest absolute Gasteiger partial charge is 0.308 e. The van der Waals surface area contributed by atoms with Gasteiger partial charge in [-0.15, -0.1) is 11.3 Å². The van der Waals surface area contributed by atoms with Gasteiger partial charge in [0.25, 0.3) is 0 Å². The van der Waals surface area contributed by atoms with Gasteiger partial charge in [0.05, 0.1) is 5.69 Å². The van der Waals surface area contributed by atoms with Crippen molar-refractivity contribution in [3.05, 3.63) is 60.0 Å². The zero-order valence-electron chi connectivity index (χ0n) is 11.7. The van der Waals surface area contributed by atoms with E-state index in [1.165, 1.54) is 4.70 Å². The van der Waals surface area contributed by atoms with E-state index in [0.29, 0.717) is 6.54 Å². The normalized spacial score (nSPS) is 10.5. The lowest BCUT2D eigenvalue weighted by Crippen LogP contribution is -2.34. The molecule has 21 heavy (non-hydrogen) atoms. The second kappa shape index (κ2) is 5.97. The maximum absolute atomic E-state index is 12.5. The van der Waals surface area contributed by atoms with Crippen molar-refractivity contribution < 1.29 is 4.79 Å². The van der Waals surface area contributed by atoms with Crippen LogP contribution in [0.3, 0.4) is 0 Å². The number of carbonyl (C=O) groups is 1. The zero-order valence-corrected chi connectivity index (χ0v) is 12.6. The van der Waals surface area contributed by atoms with Crippen LogP contribution in [0.4, 0.5) is 16.2 Å². The summed E-state index contributed by atoms with van der Waals surface area (Å²) in [5.74, 6) is 0. The molecular formula is C17H16N2OS. The van der Waals surface area contributed by atoms with Crippen LogP contribution in [-0.4, -0.2) is 12.6 Å². The quantitative estimate of drug-likeness (QED) is 0.728. The molecule has 3 nitrogen and oxygen atoms in total. The number of nitrogens with one attached hydrogen (secondary N) is 1. The van der Waals surface area contributed by atoms with E-state index in [1.54, 1.807) is 16.2 Å². The number of fused-ring (bicyclic) bond motifs is 1. The summed E-state index contributed by atoms with van der Waals surface area (Å²) in [5.41, 5.74) is 1.75. The van der Waals surface area contributed by atoms with E-state index < -0.39 is 0 Å². The summed E-state index contributed by atoms with van der Waals surface area (Å²) in [4.78, 5) is 14.3. The summed E-state index contributed by atoms with van der Waals surface area (Å²) in [6.45, 7) is 2.60. The first-order valence-corrected chi connectivity index (χ1v) is 7.77. The number of rotatable bonds is 3. The van der Waals surface area contributed by atoms with Crippen molar-refractivity contribution in [2.75, 3.05) is 16.8 Å². The van der Waals surface area contributed by atoms with E-state index in [9.17, 15) is 4.79 Å². The largest absolute Gasteiger partial charge is 0.326 e. The average molecular weight is 296 g/mol. The number of amides is 2. The molecule has 0 aliphatic carbocycles. The van der Waals surface area contributed by atoms with Crippen LogP contribution in [0.2, 0.25) is 0 Å². The lowest BCUT2D eigenvalue weighted by Gasteiger charge is -2.22. The third-order valence-corrected chi connectivity index (χ3v) is 4.23. The van der Waals surface area contributed by atoms with Crippen molar-refractivity contribution in [3.63, 3.8) is 0 Å². The van der Waals surface area contributed by atoms with Crippen molar-refractivity contribution in [3.8, 4) is 0 Å². The van der Waals surface area contributed by atoms with Gasteiger partial charge >= 0.3 is 6.03 Å². The van der Waals surface area contributed by atoms with Gasteiger partial charge in [0.15, 0.2) is 0 Å². The molecule has 1 aromatic heterocycles. The Balaban J connectivity index is 1.91. The van der Waals surface area contributed by atoms with Gasteiger partial charge in [0, 0.05) is 22.3 Å². The number of benzene rings is 2. The average Bonchev–Trinajstić information content (AvgIpc) is 2.98. The number of thiophene rings is 1. The Morgan fingerprint density at radius 3 is 2.67 bits per heavy atom. The fourth-order valence-electron chi connectivity index (χ4n) is 2.35. The van der Waals surface area contributed by atoms with E-state index in [4.69, 9.17) is 0 Å². The first-order chi connectivity index (χ1) is 10.3. The Morgan fingerprint density at radius 2 is 1.90 bits per heavy atom. The van der Waals surface area contributed by atoms with E-state index in [1.807, 2.05) is 49.4 Å². The minimum Gasteiger partial charge on any atom is -0.308 e. The molecular weight excluding hydrogens is 280 g/mol. The Hall–Kier alpha value is -2.33. The van der Waals surface area contributed by atoms with E-state index in [2.05, 4.69) is 22.8 Å². The standard InChI is InChI=1S/C17H16N2OS/c1-2-19(17(20)18-13-7-4-3-5-8-13)15-9-6-10-16-14(15)11-12-21-16/h3-12H,2H2,1H3,(H,18,20). The maximum atomic E-state index is 12.5. The number of para-hydroxylation sites is 1. The number of hydrogen-bond donors (Lipinski definition) is 1. The number of nitrogens with zero attached hydrogens (tertiary/aromatic N) is 1. The molecule has 0 fully saturated rings. The molecule has 4 heteroatoms. The second-order valence-corrected chi connectivity index (χ2v) is 5.60. The van der Waals surface area contributed by atoms with Crippen LogP contribution in [0.25, 0.3) is 10.1 Å². The van der Waals surface area contributed by atoms with Crippen molar-refractivity contribution >= 4 is 38.8 Å². The van der Waals surface area contributed by atoms with Crippen LogP contribution in [0, 0.1) is 0 Å². The number of urea groups is 1. The Labute approximate surface area is 127 Å². The van der Waals surface area contributed by atoms with Crippen LogP contribution in [0.15, 0.2) is 60.0 Å². The topological polar surface area (TPSA) is 32.3 Å². The first-order valence-electron chi connectivity index (χ1n) is 6.89. The molecule has 0 atom stereocenters. The van der Waals surface area contributed by atoms with Gasteiger partial charge in [0.2, 0.25) is 0 Å². The zero-order chi connectivity index (χ0) is 14.7. The second-order valence-electron chi connectivity index (χ2n) is 4.65. The van der Waals surface area contributed by atoms with Crippen molar-refractivity contribution in [1.29, 1.82) is 0 Å². The highest BCUT2D eigenvalue weighted by Gasteiger charge is 2.16. The van der Waals surface area contributed by atoms with Crippen molar-refractivity contribution in [1.82, 2.24) is 0 Å². The molecule has 3 rings (SSSR count). The van der Waals surface area contributed by atoms with Crippen molar-refractivity contribution in [2.45, 2.75) is 6.92 Å². The number of hydrogen-bond acceptors (Lipinski definition) is 2. The molecule has 0 spiro atoms. The summed E-state index contributed by atoms with van der Waals surface area (Å²) in [5, 5.41) is 6.11. The third-order valence-electron chi connectivity index (χ3n) is 3.35. The van der Waals surface area contributed by atoms with Gasteiger partial charge in [-0.1, -0.05) is 24.3 Å². The van der Waals surface area contributed by atoms with Gasteiger partial charge < -0.3 is 5.32 Å². The third kappa shape index (κ3) is 2.76. The summed E-state index contributed by atoms with van der Waals surface area (Å²) in [6.07, 6.45) is 0. The molecule has 1 heterocycles. The van der Waals surface area contributed by atoms with E-state index in [-0.39, 0.29) is 6.03 Å². The molecule has 2 amide bonds. The molecule has 0 saturated carbocycles. The molecule has 0 aliphatic heterocycles. The lowest BCUT2D eigenvalue weighted by atomic mass is 10.2. The first kappa shape index (κ1) is 13.6. The number of carbonyl (C=O) groups excluding carboxylic acids is 1. The highest BCUT2D eigenvalue weighted by atomic mass is 32.1. The fraction of sp³-hybridized carbons (Fsp3) is 0.118. The van der Waals surface area contributed by atoms with Gasteiger partial charge in [-0.05, 0) is 42.6 Å². The Kier molecular flexibility index (Phi) is 3.88. The predicted octanol–water partition coefficient (Wildman–Crippen LogP) is 4.96. The van der Waals surface area contributed by atoms with Gasteiger partial charge in [-0.2, -0.15) is 0 Å². The molecule has 1 N–H and O–H groups in total. The Morgan fingerprint density at radius 1 is 1.10 bits per heavy atom. The molecule has 3 aromatic rings. The predicted molar refractivity (Wildman–Crippen MR) is 90.3 cm³/mol. The van der Waals surface area contributed by atoms with Gasteiger partial charge in [-0.3, -0.25) is 4.90 Å². The summed E-state index contributed by atoms with van der Waals surface area (Å²) >= 11 is 1.69. The molecule has 0 saturated heterocycles. The van der Waals surface area contributed by atoms with Crippen LogP contribution in [0.5, 0.6) is 0 Å². The van der Waals surface area contributed by atoms with Crippen LogP contribution < -0.4 is 10.2 Å². The van der Waals surface area contributed by atoms with E-state index in [0.717, 1.165) is 16.8 Å². The van der Waals surface area contributed by atoms with Gasteiger partial charge in [0.1, 0.15) is 0 Å². The molecule has 0 unspecified atom stereocenters. The molecule has 0 bridgehead atoms. The lowest BCUT2D eigenvalue weighted by molar-refractivity contribution is 0.257. The molecule has 0 radical (unpaired) electrons. The number of anilines is 2. The summed E-state index contributed by atoms with van der Waals surface area (Å²) in [7, 11) is 0. The van der Waals surface area contributed by atoms with Crippen LogP contribution in [0.1, 0.15) is 6.92 Å². The molecule has 0 aliphatic rings. The van der Waals surface area contributed by atoms with E-state index >= 15 is 0 Å². The fourth-order valence-corrected chi connectivity index (χ4v) is 3.16. The summed E-state index contributed by atoms with van der Waals surface area (Å²) < 4.78 is 1.19. The van der Waals surface area contributed by atoms with Crippen molar-refractivity contribution in [2.24, 2.45) is 0 Å². The molecule has 2 aromatic carbocycles. The molecule has 106 valence electrons. The van der Waals surface area contributed by atoms with Gasteiger partial charge in [-0.25, -0.2) is 4.79 Å². The minimum atomic E-state index is -0.109.